The van der Waals surface area contributed by atoms with Gasteiger partial charge in [0.15, 0.2) is 0 Å². The maximum absolute atomic E-state index is 10.6. The van der Waals surface area contributed by atoms with E-state index in [1.54, 1.807) is 0 Å². The number of aryl methyl sites for hydroxylation is 3. The summed E-state index contributed by atoms with van der Waals surface area (Å²) in [5.41, 5.74) is 3.78. The summed E-state index contributed by atoms with van der Waals surface area (Å²) < 4.78 is 7.58. The molecule has 4 nitrogen and oxygen atoms in total. The number of para-hydroxylation sites is 1. The molecule has 2 aromatic heterocycles. The molecule has 0 radical (unpaired) electrons. The lowest BCUT2D eigenvalue weighted by atomic mass is 10.0. The molecule has 21 heavy (non-hydrogen) atoms. The van der Waals surface area contributed by atoms with E-state index in [2.05, 4.69) is 18.1 Å². The number of aliphatic hydroxyl groups is 1. The van der Waals surface area contributed by atoms with Gasteiger partial charge in [0.05, 0.1) is 11.8 Å². The Morgan fingerprint density at radius 2 is 2.10 bits per heavy atom. The molecule has 0 amide bonds. The number of fused-ring (bicyclic) bond motifs is 1. The first-order valence-electron chi connectivity index (χ1n) is 7.28. The van der Waals surface area contributed by atoms with Gasteiger partial charge in [-0.15, -0.1) is 0 Å². The molecule has 0 saturated carbocycles. The lowest BCUT2D eigenvalue weighted by molar-refractivity contribution is 0.175. The lowest BCUT2D eigenvalue weighted by Gasteiger charge is -2.10. The highest BCUT2D eigenvalue weighted by atomic mass is 16.3. The third-order valence-electron chi connectivity index (χ3n) is 3.94. The summed E-state index contributed by atoms with van der Waals surface area (Å²) in [5.74, 6) is 0.779. The van der Waals surface area contributed by atoms with Gasteiger partial charge < -0.3 is 9.52 Å². The Balaban J connectivity index is 1.95. The summed E-state index contributed by atoms with van der Waals surface area (Å²) in [6.07, 6.45) is 0.847. The van der Waals surface area contributed by atoms with E-state index in [0.29, 0.717) is 6.42 Å². The average molecular weight is 284 g/mol. The molecule has 1 N–H and O–H groups in total. The first-order chi connectivity index (χ1) is 10.1. The van der Waals surface area contributed by atoms with Crippen LogP contribution in [0.25, 0.3) is 11.0 Å². The molecule has 1 atom stereocenters. The molecule has 3 rings (SSSR count). The maximum atomic E-state index is 10.6. The van der Waals surface area contributed by atoms with Crippen LogP contribution < -0.4 is 0 Å². The third kappa shape index (κ3) is 2.47. The van der Waals surface area contributed by atoms with Crippen molar-refractivity contribution in [3.05, 3.63) is 53.0 Å². The molecule has 1 aromatic carbocycles. The minimum absolute atomic E-state index is 0.536. The molecule has 0 aliphatic rings. The Labute approximate surface area is 124 Å². The van der Waals surface area contributed by atoms with Gasteiger partial charge in [-0.2, -0.15) is 5.10 Å². The fourth-order valence-electron chi connectivity index (χ4n) is 2.84. The number of aromatic nitrogens is 2. The molecule has 110 valence electrons. The number of hydrogen-bond donors (Lipinski definition) is 1. The van der Waals surface area contributed by atoms with E-state index in [9.17, 15) is 5.11 Å². The van der Waals surface area contributed by atoms with Crippen LogP contribution in [0.4, 0.5) is 0 Å². The van der Waals surface area contributed by atoms with Gasteiger partial charge in [0.1, 0.15) is 11.3 Å². The molecular formula is C17H20N2O2. The third-order valence-corrected chi connectivity index (χ3v) is 3.94. The maximum Gasteiger partial charge on any atom is 0.134 e. The second kappa shape index (κ2) is 5.37. The van der Waals surface area contributed by atoms with Gasteiger partial charge in [-0.25, -0.2) is 0 Å². The van der Waals surface area contributed by atoms with Crippen molar-refractivity contribution in [3.63, 3.8) is 0 Å². The minimum atomic E-state index is -0.589. The van der Waals surface area contributed by atoms with Crippen LogP contribution in [0.3, 0.4) is 0 Å². The van der Waals surface area contributed by atoms with Crippen LogP contribution in [-0.2, 0) is 19.9 Å². The topological polar surface area (TPSA) is 51.2 Å². The van der Waals surface area contributed by atoms with Crippen molar-refractivity contribution in [2.75, 3.05) is 0 Å². The molecule has 0 bridgehead atoms. The van der Waals surface area contributed by atoms with E-state index in [4.69, 9.17) is 4.42 Å². The van der Waals surface area contributed by atoms with Crippen molar-refractivity contribution in [2.45, 2.75) is 32.8 Å². The fraction of sp³-hybridized carbons (Fsp3) is 0.353. The molecule has 0 aliphatic carbocycles. The van der Waals surface area contributed by atoms with Gasteiger partial charge in [-0.1, -0.05) is 25.1 Å². The number of rotatable bonds is 4. The molecular weight excluding hydrogens is 264 g/mol. The van der Waals surface area contributed by atoms with Gasteiger partial charge in [0.25, 0.3) is 0 Å². The van der Waals surface area contributed by atoms with E-state index in [0.717, 1.165) is 40.1 Å². The van der Waals surface area contributed by atoms with Crippen LogP contribution in [0.5, 0.6) is 0 Å². The Hall–Kier alpha value is -2.07. The molecule has 0 fully saturated rings. The monoisotopic (exact) mass is 284 g/mol. The summed E-state index contributed by atoms with van der Waals surface area (Å²) in [5, 5.41) is 16.1. The van der Waals surface area contributed by atoms with Crippen LogP contribution in [0, 0.1) is 6.92 Å². The Kier molecular flexibility index (Phi) is 3.55. The normalized spacial score (nSPS) is 13.0. The zero-order chi connectivity index (χ0) is 15.0. The van der Waals surface area contributed by atoms with Crippen molar-refractivity contribution >= 4 is 11.0 Å². The highest BCUT2D eigenvalue weighted by Crippen LogP contribution is 2.32. The molecule has 4 heteroatoms. The highest BCUT2D eigenvalue weighted by molar-refractivity contribution is 5.82. The highest BCUT2D eigenvalue weighted by Gasteiger charge is 2.20. The molecule has 0 aliphatic heterocycles. The molecule has 2 heterocycles. The van der Waals surface area contributed by atoms with E-state index in [-0.39, 0.29) is 0 Å². The van der Waals surface area contributed by atoms with Crippen LogP contribution >= 0.6 is 0 Å². The Morgan fingerprint density at radius 3 is 2.81 bits per heavy atom. The van der Waals surface area contributed by atoms with Crippen molar-refractivity contribution in [3.8, 4) is 0 Å². The van der Waals surface area contributed by atoms with Gasteiger partial charge in [0, 0.05) is 30.1 Å². The van der Waals surface area contributed by atoms with E-state index >= 15 is 0 Å². The van der Waals surface area contributed by atoms with Crippen molar-refractivity contribution in [2.24, 2.45) is 7.05 Å². The molecule has 3 aromatic rings. The molecule has 0 saturated heterocycles. The standard InChI is InChI=1S/C17H20N2O2/c1-4-12-9-13(19(3)18-12)10-15(20)17-11(2)21-16-8-6-5-7-14(16)17/h5-9,15,20H,4,10H2,1-3H3. The average Bonchev–Trinajstić information content (AvgIpc) is 2.98. The van der Waals surface area contributed by atoms with Crippen LogP contribution in [0.15, 0.2) is 34.7 Å². The predicted molar refractivity (Wildman–Crippen MR) is 82.2 cm³/mol. The largest absolute Gasteiger partial charge is 0.461 e. The zero-order valence-electron chi connectivity index (χ0n) is 12.6. The lowest BCUT2D eigenvalue weighted by Crippen LogP contribution is -2.07. The Morgan fingerprint density at radius 1 is 1.33 bits per heavy atom. The number of nitrogens with zero attached hydrogens (tertiary/aromatic N) is 2. The van der Waals surface area contributed by atoms with Crippen LogP contribution in [0.2, 0.25) is 0 Å². The second-order valence-electron chi connectivity index (χ2n) is 5.39. The first kappa shape index (κ1) is 13.9. The minimum Gasteiger partial charge on any atom is -0.461 e. The fourth-order valence-corrected chi connectivity index (χ4v) is 2.84. The van der Waals surface area contributed by atoms with Crippen LogP contribution in [-0.4, -0.2) is 14.9 Å². The number of hydrogen-bond acceptors (Lipinski definition) is 3. The smallest absolute Gasteiger partial charge is 0.134 e. The second-order valence-corrected chi connectivity index (χ2v) is 5.39. The Bertz CT molecular complexity index is 770. The zero-order valence-corrected chi connectivity index (χ0v) is 12.6. The van der Waals surface area contributed by atoms with Crippen LogP contribution in [0.1, 0.15) is 35.7 Å². The number of benzene rings is 1. The SMILES string of the molecule is CCc1cc(CC(O)c2c(C)oc3ccccc23)n(C)n1. The quantitative estimate of drug-likeness (QED) is 0.799. The van der Waals surface area contributed by atoms with Gasteiger partial charge in [0.2, 0.25) is 0 Å². The summed E-state index contributed by atoms with van der Waals surface area (Å²) >= 11 is 0. The van der Waals surface area contributed by atoms with Crippen molar-refractivity contribution in [1.29, 1.82) is 0 Å². The van der Waals surface area contributed by atoms with E-state index in [1.807, 2.05) is 42.9 Å². The van der Waals surface area contributed by atoms with Gasteiger partial charge >= 0.3 is 0 Å². The molecule has 1 unspecified atom stereocenters. The summed E-state index contributed by atoms with van der Waals surface area (Å²) in [7, 11) is 1.92. The van der Waals surface area contributed by atoms with Crippen molar-refractivity contribution < 1.29 is 9.52 Å². The number of furan rings is 1. The first-order valence-corrected chi connectivity index (χ1v) is 7.28. The van der Waals surface area contributed by atoms with E-state index < -0.39 is 6.10 Å². The van der Waals surface area contributed by atoms with Gasteiger partial charge in [-0.3, -0.25) is 4.68 Å². The van der Waals surface area contributed by atoms with E-state index in [1.165, 1.54) is 0 Å². The number of aliphatic hydroxyl groups excluding tert-OH is 1. The van der Waals surface area contributed by atoms with Crippen molar-refractivity contribution in [1.82, 2.24) is 9.78 Å². The summed E-state index contributed by atoms with van der Waals surface area (Å²) in [6, 6.07) is 9.88. The van der Waals surface area contributed by atoms with Gasteiger partial charge in [-0.05, 0) is 25.5 Å². The summed E-state index contributed by atoms with van der Waals surface area (Å²) in [6.45, 7) is 3.98. The summed E-state index contributed by atoms with van der Waals surface area (Å²) in [4.78, 5) is 0. The molecule has 0 spiro atoms. The predicted octanol–water partition coefficient (Wildman–Crippen LogP) is 3.31.